The zero-order chi connectivity index (χ0) is 17.3. The zero-order valence-electron chi connectivity index (χ0n) is 14.6. The number of carbonyl (C=O) groups is 1. The van der Waals surface area contributed by atoms with Crippen LogP contribution in [0, 0.1) is 16.7 Å². The molecular formula is C16H29NO5S. The van der Waals surface area contributed by atoms with Crippen molar-refractivity contribution >= 4 is 15.8 Å². The van der Waals surface area contributed by atoms with Crippen LogP contribution < -0.4 is 0 Å². The molecule has 0 amide bonds. The van der Waals surface area contributed by atoms with Crippen LogP contribution in [0.1, 0.15) is 33.1 Å². The lowest BCUT2D eigenvalue weighted by molar-refractivity contribution is -0.128. The molecule has 2 fully saturated rings. The van der Waals surface area contributed by atoms with Crippen LogP contribution in [0.3, 0.4) is 0 Å². The number of rotatable bonds is 9. The SMILES string of the molecule is COCCN(CCOC)S(=O)(=O)C[C@@]12CC[C@@H](CC1=O)C2(C)C. The monoisotopic (exact) mass is 347 g/mol. The van der Waals surface area contributed by atoms with Crippen LogP contribution in [-0.2, 0) is 24.3 Å². The van der Waals surface area contributed by atoms with Crippen molar-refractivity contribution in [1.82, 2.24) is 4.31 Å². The van der Waals surface area contributed by atoms with Crippen LogP contribution in [0.2, 0.25) is 0 Å². The molecule has 0 saturated heterocycles. The summed E-state index contributed by atoms with van der Waals surface area (Å²) in [6, 6.07) is 0. The molecule has 2 rings (SSSR count). The third-order valence-electron chi connectivity index (χ3n) is 6.05. The van der Waals surface area contributed by atoms with Crippen LogP contribution >= 0.6 is 0 Å². The highest BCUT2D eigenvalue weighted by Crippen LogP contribution is 2.64. The maximum absolute atomic E-state index is 13.0. The average Bonchev–Trinajstić information content (AvgIpc) is 2.80. The lowest BCUT2D eigenvalue weighted by Gasteiger charge is -2.37. The van der Waals surface area contributed by atoms with Gasteiger partial charge in [0.1, 0.15) is 5.78 Å². The summed E-state index contributed by atoms with van der Waals surface area (Å²) < 4.78 is 37.4. The summed E-state index contributed by atoms with van der Waals surface area (Å²) in [5.41, 5.74) is -0.972. The standard InChI is InChI=1S/C16H29NO5S/c1-15(2)13-5-6-16(15,14(18)11-13)12-23(19,20)17(7-9-21-3)8-10-22-4/h13H,5-12H2,1-4H3/t13-,16-/m0/s1. The van der Waals surface area contributed by atoms with Crippen molar-refractivity contribution in [1.29, 1.82) is 0 Å². The number of nitrogens with zero attached hydrogens (tertiary/aromatic N) is 1. The largest absolute Gasteiger partial charge is 0.383 e. The van der Waals surface area contributed by atoms with Gasteiger partial charge in [0.2, 0.25) is 10.0 Å². The Morgan fingerprint density at radius 2 is 1.74 bits per heavy atom. The van der Waals surface area contributed by atoms with Gasteiger partial charge in [0.25, 0.3) is 0 Å². The molecule has 2 saturated carbocycles. The first-order valence-electron chi connectivity index (χ1n) is 8.20. The summed E-state index contributed by atoms with van der Waals surface area (Å²) in [6.45, 7) is 5.35. The highest BCUT2D eigenvalue weighted by atomic mass is 32.2. The highest BCUT2D eigenvalue weighted by Gasteiger charge is 2.65. The number of methoxy groups -OCH3 is 2. The quantitative estimate of drug-likeness (QED) is 0.629. The van der Waals surface area contributed by atoms with Crippen molar-refractivity contribution < 1.29 is 22.7 Å². The lowest BCUT2D eigenvalue weighted by atomic mass is 9.70. The normalized spacial score (nSPS) is 29.6. The molecule has 2 atom stereocenters. The van der Waals surface area contributed by atoms with Gasteiger partial charge in [-0.1, -0.05) is 13.8 Å². The van der Waals surface area contributed by atoms with Gasteiger partial charge in [0.15, 0.2) is 0 Å². The molecule has 0 aromatic carbocycles. The van der Waals surface area contributed by atoms with Crippen LogP contribution in [0.5, 0.6) is 0 Å². The molecule has 2 aliphatic carbocycles. The van der Waals surface area contributed by atoms with E-state index in [2.05, 4.69) is 13.8 Å². The molecule has 134 valence electrons. The highest BCUT2D eigenvalue weighted by molar-refractivity contribution is 7.89. The van der Waals surface area contributed by atoms with Crippen molar-refractivity contribution in [3.63, 3.8) is 0 Å². The first-order chi connectivity index (χ1) is 10.7. The Balaban J connectivity index is 2.22. The van der Waals surface area contributed by atoms with Gasteiger partial charge < -0.3 is 9.47 Å². The van der Waals surface area contributed by atoms with E-state index in [9.17, 15) is 13.2 Å². The molecule has 6 nitrogen and oxygen atoms in total. The summed E-state index contributed by atoms with van der Waals surface area (Å²) >= 11 is 0. The Morgan fingerprint density at radius 1 is 1.17 bits per heavy atom. The fourth-order valence-corrected chi connectivity index (χ4v) is 6.48. The Bertz CT molecular complexity index is 537. The van der Waals surface area contributed by atoms with Gasteiger partial charge in [-0.2, -0.15) is 4.31 Å². The van der Waals surface area contributed by atoms with Crippen LogP contribution in [0.4, 0.5) is 0 Å². The third-order valence-corrected chi connectivity index (χ3v) is 8.06. The number of ketones is 1. The molecule has 0 heterocycles. The van der Waals surface area contributed by atoms with Crippen LogP contribution in [0.15, 0.2) is 0 Å². The number of Topliss-reactive ketones (excluding diaryl/α,β-unsaturated/α-hetero) is 1. The fraction of sp³-hybridized carbons (Fsp3) is 0.938. The van der Waals surface area contributed by atoms with Crippen molar-refractivity contribution in [2.75, 3.05) is 46.3 Å². The van der Waals surface area contributed by atoms with Gasteiger partial charge in [-0.3, -0.25) is 4.79 Å². The molecule has 0 radical (unpaired) electrons. The summed E-state index contributed by atoms with van der Waals surface area (Å²) in [5.74, 6) is 0.354. The molecule has 0 aliphatic heterocycles. The topological polar surface area (TPSA) is 72.9 Å². The van der Waals surface area contributed by atoms with Gasteiger partial charge in [0.05, 0.1) is 19.0 Å². The second kappa shape index (κ2) is 6.78. The maximum Gasteiger partial charge on any atom is 0.215 e. The number of hydrogen-bond acceptors (Lipinski definition) is 5. The molecule has 0 N–H and O–H groups in total. The maximum atomic E-state index is 13.0. The number of fused-ring (bicyclic) bond motifs is 2. The number of ether oxygens (including phenoxy) is 2. The van der Waals surface area contributed by atoms with Gasteiger partial charge in [0, 0.05) is 39.1 Å². The summed E-state index contributed by atoms with van der Waals surface area (Å²) in [6.07, 6.45) is 2.16. The Kier molecular flexibility index (Phi) is 5.55. The van der Waals surface area contributed by atoms with E-state index in [1.165, 1.54) is 4.31 Å². The van der Waals surface area contributed by atoms with Crippen LogP contribution in [-0.4, -0.2) is 64.8 Å². The average molecular weight is 347 g/mol. The second-order valence-electron chi connectivity index (χ2n) is 7.31. The van der Waals surface area contributed by atoms with E-state index >= 15 is 0 Å². The number of sulfonamides is 1. The van der Waals surface area contributed by atoms with Crippen molar-refractivity contribution in [3.05, 3.63) is 0 Å². The van der Waals surface area contributed by atoms with Crippen LogP contribution in [0.25, 0.3) is 0 Å². The molecular weight excluding hydrogens is 318 g/mol. The molecule has 23 heavy (non-hydrogen) atoms. The first kappa shape index (κ1) is 18.8. The van der Waals surface area contributed by atoms with Gasteiger partial charge >= 0.3 is 0 Å². The molecule has 7 heteroatoms. The molecule has 0 unspecified atom stereocenters. The predicted molar refractivity (Wildman–Crippen MR) is 87.7 cm³/mol. The van der Waals surface area contributed by atoms with Crippen molar-refractivity contribution in [2.45, 2.75) is 33.1 Å². The van der Waals surface area contributed by atoms with Crippen molar-refractivity contribution in [3.8, 4) is 0 Å². The van der Waals surface area contributed by atoms with Gasteiger partial charge in [-0.25, -0.2) is 8.42 Å². The fourth-order valence-electron chi connectivity index (χ4n) is 4.29. The first-order valence-corrected chi connectivity index (χ1v) is 9.81. The van der Waals surface area contributed by atoms with E-state index in [1.807, 2.05) is 0 Å². The van der Waals surface area contributed by atoms with E-state index < -0.39 is 15.4 Å². The zero-order valence-corrected chi connectivity index (χ0v) is 15.4. The van der Waals surface area contributed by atoms with Gasteiger partial charge in [-0.15, -0.1) is 0 Å². The molecule has 0 aromatic rings. The molecule has 0 spiro atoms. The predicted octanol–water partition coefficient (Wildman–Crippen LogP) is 1.31. The second-order valence-corrected chi connectivity index (χ2v) is 9.28. The molecule has 2 bridgehead atoms. The Hall–Kier alpha value is -0.500. The molecule has 0 aromatic heterocycles. The van der Waals surface area contributed by atoms with E-state index in [0.717, 1.165) is 6.42 Å². The summed E-state index contributed by atoms with van der Waals surface area (Å²) in [4.78, 5) is 12.6. The van der Waals surface area contributed by atoms with E-state index in [-0.39, 0.29) is 30.0 Å². The van der Waals surface area contributed by atoms with E-state index in [0.29, 0.717) is 32.0 Å². The van der Waals surface area contributed by atoms with E-state index in [4.69, 9.17) is 9.47 Å². The minimum atomic E-state index is -3.55. The van der Waals surface area contributed by atoms with E-state index in [1.54, 1.807) is 14.2 Å². The minimum absolute atomic E-state index is 0.0875. The Morgan fingerprint density at radius 3 is 2.13 bits per heavy atom. The number of hydrogen-bond donors (Lipinski definition) is 0. The minimum Gasteiger partial charge on any atom is -0.383 e. The van der Waals surface area contributed by atoms with Gasteiger partial charge in [-0.05, 0) is 24.2 Å². The lowest BCUT2D eigenvalue weighted by Crippen LogP contribution is -2.47. The molecule has 2 aliphatic rings. The summed E-state index contributed by atoms with van der Waals surface area (Å²) in [5, 5.41) is 0. The van der Waals surface area contributed by atoms with Crippen molar-refractivity contribution in [2.24, 2.45) is 16.7 Å². The smallest absolute Gasteiger partial charge is 0.215 e. The number of carbonyl (C=O) groups excluding carboxylic acids is 1. The third kappa shape index (κ3) is 3.21. The Labute approximate surface area is 139 Å². The summed E-state index contributed by atoms with van der Waals surface area (Å²) in [7, 11) is -0.452.